The predicted octanol–water partition coefficient (Wildman–Crippen LogP) is 12.5. The van der Waals surface area contributed by atoms with Gasteiger partial charge in [-0.15, -0.1) is 0 Å². The Bertz CT molecular complexity index is 5210. The number of aromatic nitrogens is 24. The first kappa shape index (κ1) is 53.7. The van der Waals surface area contributed by atoms with Crippen molar-refractivity contribution in [3.8, 4) is 102 Å². The molecular weight excluding hydrogens is 1200 g/mol. The number of rotatable bonds is 12. The Labute approximate surface area is 541 Å². The summed E-state index contributed by atoms with van der Waals surface area (Å²) in [5, 5.41) is 0. The van der Waals surface area contributed by atoms with Crippen molar-refractivity contribution in [3.05, 3.63) is 257 Å². The molecule has 0 unspecified atom stereocenters. The lowest BCUT2D eigenvalue weighted by molar-refractivity contribution is 0.918. The first-order valence-electron chi connectivity index (χ1n) is 30.4. The normalized spacial score (nSPS) is 11.8. The maximum atomic E-state index is 5.57. The number of fused-ring (bicyclic) bond motifs is 6. The van der Waals surface area contributed by atoms with Crippen LogP contribution in [0.15, 0.2) is 257 Å². The van der Waals surface area contributed by atoms with E-state index in [1.54, 1.807) is 37.2 Å². The van der Waals surface area contributed by atoms with Gasteiger partial charge in [0.25, 0.3) is 0 Å². The smallest absolute Gasteiger partial charge is 0.181 e. The fourth-order valence-electron chi connectivity index (χ4n) is 12.9. The van der Waals surface area contributed by atoms with E-state index in [2.05, 4.69) is 27.4 Å². The molecule has 7 aromatic carbocycles. The van der Waals surface area contributed by atoms with Gasteiger partial charge in [-0.3, -0.25) is 27.4 Å². The first-order valence-corrected chi connectivity index (χ1v) is 30.4. The molecule has 0 radical (unpaired) electrons. The molecule has 12 aromatic heterocycles. The van der Waals surface area contributed by atoms with Gasteiger partial charge in [-0.05, 0) is 0 Å². The van der Waals surface area contributed by atoms with Gasteiger partial charge in [-0.2, -0.15) is 0 Å². The summed E-state index contributed by atoms with van der Waals surface area (Å²) in [4.78, 5) is 92.5. The maximum Gasteiger partial charge on any atom is 0.181 e. The fraction of sp³-hybridized carbons (Fsp3) is 0. The molecule has 96 heavy (non-hydrogen) atoms. The van der Waals surface area contributed by atoms with Crippen LogP contribution < -0.4 is 0 Å². The zero-order chi connectivity index (χ0) is 63.2. The highest BCUT2D eigenvalue weighted by atomic mass is 15.3. The highest BCUT2D eigenvalue weighted by Crippen LogP contribution is 2.53. The van der Waals surface area contributed by atoms with Gasteiger partial charge >= 0.3 is 0 Å². The van der Waals surface area contributed by atoms with Crippen LogP contribution in [0.25, 0.3) is 169 Å². The second kappa shape index (κ2) is 21.8. The lowest BCUT2D eigenvalue weighted by Crippen LogP contribution is -2.22. The average molecular weight is 1240 g/mol. The van der Waals surface area contributed by atoms with E-state index >= 15 is 0 Å². The van der Waals surface area contributed by atoms with Gasteiger partial charge in [0.1, 0.15) is 140 Å². The lowest BCUT2D eigenvalue weighted by Gasteiger charge is -2.32. The van der Waals surface area contributed by atoms with Crippen molar-refractivity contribution in [1.29, 1.82) is 0 Å². The fourth-order valence-corrected chi connectivity index (χ4v) is 12.9. The maximum absolute atomic E-state index is 5.57. The number of imidazole rings is 6. The van der Waals surface area contributed by atoms with Gasteiger partial charge in [0.2, 0.25) is 0 Å². The van der Waals surface area contributed by atoms with Crippen molar-refractivity contribution in [1.82, 2.24) is 117 Å². The molecule has 0 saturated heterocycles. The van der Waals surface area contributed by atoms with Crippen LogP contribution >= 0.6 is 0 Å². The number of nitrogens with zero attached hydrogens (tertiary/aromatic N) is 24. The van der Waals surface area contributed by atoms with Crippen LogP contribution in [0, 0.1) is 0 Å². The minimum atomic E-state index is 0.374. The van der Waals surface area contributed by atoms with Gasteiger partial charge in [0, 0.05) is 33.4 Å². The summed E-state index contributed by atoms with van der Waals surface area (Å²) in [6, 6.07) is 60.0. The third-order valence-electron chi connectivity index (χ3n) is 16.9. The van der Waals surface area contributed by atoms with E-state index in [1.165, 1.54) is 38.0 Å². The summed E-state index contributed by atoms with van der Waals surface area (Å²) in [5.74, 6) is 2.82. The van der Waals surface area contributed by atoms with Crippen molar-refractivity contribution in [2.24, 2.45) is 0 Å². The average Bonchev–Trinajstić information content (AvgIpc) is 1.41. The molecule has 0 N–H and O–H groups in total. The van der Waals surface area contributed by atoms with E-state index in [9.17, 15) is 0 Å². The molecule has 19 rings (SSSR count). The van der Waals surface area contributed by atoms with E-state index < -0.39 is 0 Å². The molecule has 24 nitrogen and oxygen atoms in total. The van der Waals surface area contributed by atoms with Crippen LogP contribution in [-0.2, 0) is 0 Å². The molecule has 0 aliphatic rings. The molecule has 0 saturated carbocycles. The van der Waals surface area contributed by atoms with Crippen LogP contribution in [0.4, 0.5) is 0 Å². The van der Waals surface area contributed by atoms with Crippen molar-refractivity contribution in [3.63, 3.8) is 0 Å². The van der Waals surface area contributed by atoms with E-state index in [0.29, 0.717) is 136 Å². The van der Waals surface area contributed by atoms with Crippen molar-refractivity contribution in [2.75, 3.05) is 0 Å². The molecule has 0 atom stereocenters. The summed E-state index contributed by atoms with van der Waals surface area (Å²) >= 11 is 0. The molecule has 19 aromatic rings. The number of benzene rings is 7. The Morgan fingerprint density at radius 1 is 0.177 bits per heavy atom. The van der Waals surface area contributed by atoms with Crippen molar-refractivity contribution < 1.29 is 0 Å². The molecule has 0 aliphatic carbocycles. The third-order valence-corrected chi connectivity index (χ3v) is 16.9. The van der Waals surface area contributed by atoms with Gasteiger partial charge in [0.05, 0.1) is 37.2 Å². The number of hydrogen-bond donors (Lipinski definition) is 0. The quantitative estimate of drug-likeness (QED) is 0.110. The van der Waals surface area contributed by atoms with Crippen molar-refractivity contribution in [2.45, 2.75) is 0 Å². The molecular formula is C72H42N24. The highest BCUT2D eigenvalue weighted by Gasteiger charge is 2.41. The van der Waals surface area contributed by atoms with Gasteiger partial charge in [-0.25, -0.2) is 89.7 Å². The Kier molecular flexibility index (Phi) is 12.2. The number of hydrogen-bond acceptors (Lipinski definition) is 18. The summed E-state index contributed by atoms with van der Waals surface area (Å²) in [5.41, 5.74) is 12.3. The minimum Gasteiger partial charge on any atom is -0.285 e. The molecule has 0 aliphatic heterocycles. The largest absolute Gasteiger partial charge is 0.285 e. The standard InChI is InChI=1S/C72H42N24/c1-7-19-43(20-8-1)67-85-61-49(31-73-37-79-61)91(67)55-56(92-50-32-74-38-80-62(50)86-68(92)44-21-9-2-10-22-44)58(94-52-34-76-40-82-64(52)88-70(94)46-25-13-4-14-26-46)60(96-54-36-78-42-84-66(54)90-72(96)48-29-17-6-18-30-48)59(95-53-35-77-41-83-65(53)89-71(95)47-27-15-5-16-28-47)57(55)93-51-33-75-39-81-63(51)87-69(93)45-23-11-3-12-24-45/h1-42H. The summed E-state index contributed by atoms with van der Waals surface area (Å²) in [7, 11) is 0. The monoisotopic (exact) mass is 1240 g/mol. The van der Waals surface area contributed by atoms with Crippen LogP contribution in [-0.4, -0.2) is 117 Å². The zero-order valence-corrected chi connectivity index (χ0v) is 50.0. The summed E-state index contributed by atoms with van der Waals surface area (Å²) in [6.07, 6.45) is 19.7. The van der Waals surface area contributed by atoms with Crippen LogP contribution in [0.1, 0.15) is 0 Å². The molecule has 0 amide bonds. The van der Waals surface area contributed by atoms with E-state index in [4.69, 9.17) is 89.7 Å². The summed E-state index contributed by atoms with van der Waals surface area (Å²) in [6.45, 7) is 0. The first-order chi connectivity index (χ1) is 47.7. The van der Waals surface area contributed by atoms with Gasteiger partial charge < -0.3 is 0 Å². The topological polar surface area (TPSA) is 262 Å². The minimum absolute atomic E-state index is 0.374. The molecule has 0 bridgehead atoms. The Balaban J connectivity index is 1.23. The van der Waals surface area contributed by atoms with E-state index in [-0.39, 0.29) is 0 Å². The summed E-state index contributed by atoms with van der Waals surface area (Å²) < 4.78 is 12.7. The van der Waals surface area contributed by atoms with Gasteiger partial charge in [0.15, 0.2) is 33.9 Å². The molecule has 0 fully saturated rings. The Hall–Kier alpha value is -14.2. The predicted molar refractivity (Wildman–Crippen MR) is 360 cm³/mol. The molecule has 24 heteroatoms. The van der Waals surface area contributed by atoms with Crippen LogP contribution in [0.2, 0.25) is 0 Å². The van der Waals surface area contributed by atoms with Crippen LogP contribution in [0.5, 0.6) is 0 Å². The molecule has 450 valence electrons. The van der Waals surface area contributed by atoms with Crippen LogP contribution in [0.3, 0.4) is 0 Å². The van der Waals surface area contributed by atoms with E-state index in [0.717, 1.165) is 33.4 Å². The highest BCUT2D eigenvalue weighted by molar-refractivity contribution is 6.02. The van der Waals surface area contributed by atoms with Crippen molar-refractivity contribution >= 4 is 67.0 Å². The van der Waals surface area contributed by atoms with E-state index in [1.807, 2.05) is 182 Å². The second-order valence-corrected chi connectivity index (χ2v) is 22.3. The Morgan fingerprint density at radius 3 is 0.469 bits per heavy atom. The second-order valence-electron chi connectivity index (χ2n) is 22.3. The molecule has 12 heterocycles. The Morgan fingerprint density at radius 2 is 0.323 bits per heavy atom. The SMILES string of the molecule is c1ccc(-c2nc3ncncc3n2-c2c(-n3c(-c4ccccc4)nc4ncncc43)c(-n3c(-c4ccccc4)nc4ncncc43)c(-n3c(-c4ccccc4)nc4ncncc43)c(-n3c(-c4ccccc4)nc4ncncc43)c2-n2c(-c3ccccc3)nc3ncncc32)cc1. The molecule has 0 spiro atoms. The lowest BCUT2D eigenvalue weighted by atomic mass is 10.0. The van der Waals surface area contributed by atoms with Gasteiger partial charge in [-0.1, -0.05) is 182 Å². The third kappa shape index (κ3) is 8.35. The zero-order valence-electron chi connectivity index (χ0n) is 50.0.